The van der Waals surface area contributed by atoms with Gasteiger partial charge in [0.05, 0.1) is 17.9 Å². The maximum absolute atomic E-state index is 13.2. The Balaban J connectivity index is 1.70. The number of alkyl halides is 3. The standard InChI is InChI=1S/C27H24F3N5O2/c1-5-35(31-4)23-14-18(3)33-25-19(23)8-6-10-24(25)37-16-20-17(2)11-12-32-22(20)15-34-13-7-9-21(26(34)36)27(28,29)30/h5-14H,1,4,15-16H2,2-3H3. The van der Waals surface area contributed by atoms with Gasteiger partial charge in [0.1, 0.15) is 23.4 Å². The Kier molecular flexibility index (Phi) is 7.10. The number of aromatic nitrogens is 3. The summed E-state index contributed by atoms with van der Waals surface area (Å²) in [6, 6.07) is 11.1. The molecule has 3 heterocycles. The molecule has 0 unspecified atom stereocenters. The van der Waals surface area contributed by atoms with E-state index in [1.54, 1.807) is 18.3 Å². The monoisotopic (exact) mass is 507 g/mol. The van der Waals surface area contributed by atoms with Gasteiger partial charge in [0, 0.05) is 42.0 Å². The number of ether oxygens (including phenoxy) is 1. The van der Waals surface area contributed by atoms with Gasteiger partial charge in [-0.2, -0.15) is 18.3 Å². The molecular formula is C27H24F3N5O2. The van der Waals surface area contributed by atoms with E-state index in [0.29, 0.717) is 22.5 Å². The van der Waals surface area contributed by atoms with Crippen molar-refractivity contribution in [2.45, 2.75) is 33.2 Å². The van der Waals surface area contributed by atoms with E-state index in [1.807, 2.05) is 32.0 Å². The van der Waals surface area contributed by atoms with E-state index in [9.17, 15) is 18.0 Å². The van der Waals surface area contributed by atoms with Gasteiger partial charge in [0.15, 0.2) is 0 Å². The highest BCUT2D eigenvalue weighted by Crippen LogP contribution is 2.33. The molecule has 0 radical (unpaired) electrons. The van der Waals surface area contributed by atoms with Crippen molar-refractivity contribution in [1.29, 1.82) is 0 Å². The van der Waals surface area contributed by atoms with Gasteiger partial charge in [0.2, 0.25) is 0 Å². The van der Waals surface area contributed by atoms with Crippen LogP contribution in [0.5, 0.6) is 5.75 Å². The van der Waals surface area contributed by atoms with Crippen molar-refractivity contribution in [3.8, 4) is 5.75 Å². The maximum Gasteiger partial charge on any atom is 0.421 e. The molecule has 37 heavy (non-hydrogen) atoms. The van der Waals surface area contributed by atoms with Gasteiger partial charge in [-0.3, -0.25) is 9.78 Å². The first-order valence-electron chi connectivity index (χ1n) is 11.3. The Morgan fingerprint density at radius 3 is 2.68 bits per heavy atom. The molecule has 0 aliphatic heterocycles. The number of aryl methyl sites for hydroxylation is 2. The van der Waals surface area contributed by atoms with Crippen LogP contribution in [0.4, 0.5) is 18.9 Å². The lowest BCUT2D eigenvalue weighted by molar-refractivity contribution is -0.138. The van der Waals surface area contributed by atoms with Gasteiger partial charge in [-0.25, -0.2) is 9.99 Å². The maximum atomic E-state index is 13.2. The molecule has 0 aliphatic rings. The first-order valence-corrected chi connectivity index (χ1v) is 11.3. The summed E-state index contributed by atoms with van der Waals surface area (Å²) in [5, 5.41) is 6.28. The summed E-state index contributed by atoms with van der Waals surface area (Å²) >= 11 is 0. The fraction of sp³-hybridized carbons (Fsp3) is 0.185. The van der Waals surface area contributed by atoms with Gasteiger partial charge < -0.3 is 9.30 Å². The van der Waals surface area contributed by atoms with Crippen LogP contribution in [0.25, 0.3) is 10.9 Å². The summed E-state index contributed by atoms with van der Waals surface area (Å²) in [4.78, 5) is 21.4. The van der Waals surface area contributed by atoms with E-state index in [0.717, 1.165) is 33.0 Å². The van der Waals surface area contributed by atoms with Gasteiger partial charge in [0.25, 0.3) is 5.56 Å². The average Bonchev–Trinajstić information content (AvgIpc) is 2.85. The predicted octanol–water partition coefficient (Wildman–Crippen LogP) is 5.62. The minimum absolute atomic E-state index is 0.0671. The summed E-state index contributed by atoms with van der Waals surface area (Å²) in [5.41, 5.74) is 1.63. The molecule has 0 saturated heterocycles. The first kappa shape index (κ1) is 25.6. The summed E-state index contributed by atoms with van der Waals surface area (Å²) < 4.78 is 46.8. The lowest BCUT2D eigenvalue weighted by atomic mass is 10.1. The lowest BCUT2D eigenvalue weighted by Crippen LogP contribution is -2.29. The molecule has 0 aliphatic carbocycles. The number of nitrogens with zero attached hydrogens (tertiary/aromatic N) is 5. The van der Waals surface area contributed by atoms with Gasteiger partial charge >= 0.3 is 6.18 Å². The third-order valence-corrected chi connectivity index (χ3v) is 5.88. The van der Waals surface area contributed by atoms with Crippen molar-refractivity contribution in [3.63, 3.8) is 0 Å². The van der Waals surface area contributed by atoms with Gasteiger partial charge in [-0.05, 0) is 49.7 Å². The Labute approximate surface area is 211 Å². The number of para-hydroxylation sites is 1. The topological polar surface area (TPSA) is 72.6 Å². The smallest absolute Gasteiger partial charge is 0.421 e. The number of hydrogen-bond acceptors (Lipinski definition) is 6. The molecule has 1 aromatic carbocycles. The number of rotatable bonds is 8. The highest BCUT2D eigenvalue weighted by molar-refractivity contribution is 5.95. The van der Waals surface area contributed by atoms with Crippen LogP contribution in [0.15, 0.2) is 77.5 Å². The molecule has 0 fully saturated rings. The number of benzene rings is 1. The van der Waals surface area contributed by atoms with Crippen LogP contribution in [0.2, 0.25) is 0 Å². The minimum Gasteiger partial charge on any atom is -0.487 e. The Morgan fingerprint density at radius 2 is 1.97 bits per heavy atom. The van der Waals surface area contributed by atoms with E-state index < -0.39 is 17.3 Å². The fourth-order valence-electron chi connectivity index (χ4n) is 4.03. The third kappa shape index (κ3) is 5.23. The second kappa shape index (κ2) is 10.3. The SMILES string of the molecule is C=CN(N=C)c1cc(C)nc2c(OCc3c(C)ccnc3Cn3cccc(C(F)(F)F)c3=O)cccc12. The van der Waals surface area contributed by atoms with E-state index in [1.165, 1.54) is 23.5 Å². The molecule has 7 nitrogen and oxygen atoms in total. The summed E-state index contributed by atoms with van der Waals surface area (Å²) in [7, 11) is 0. The summed E-state index contributed by atoms with van der Waals surface area (Å²) in [6.07, 6.45) is -0.347. The van der Waals surface area contributed by atoms with Crippen LogP contribution in [0.1, 0.15) is 28.1 Å². The summed E-state index contributed by atoms with van der Waals surface area (Å²) in [6.45, 7) is 11.0. The number of pyridine rings is 3. The molecule has 0 amide bonds. The Bertz CT molecular complexity index is 1540. The molecule has 3 aromatic heterocycles. The van der Waals surface area contributed by atoms with E-state index >= 15 is 0 Å². The molecule has 0 saturated carbocycles. The molecular weight excluding hydrogens is 483 g/mol. The van der Waals surface area contributed by atoms with Crippen molar-refractivity contribution in [1.82, 2.24) is 14.5 Å². The molecule has 0 N–H and O–H groups in total. The van der Waals surface area contributed by atoms with Crippen LogP contribution in [-0.2, 0) is 19.3 Å². The quantitative estimate of drug-likeness (QED) is 0.229. The second-order valence-electron chi connectivity index (χ2n) is 8.30. The van der Waals surface area contributed by atoms with E-state index in [-0.39, 0.29) is 13.2 Å². The number of anilines is 1. The Morgan fingerprint density at radius 1 is 1.19 bits per heavy atom. The van der Waals surface area contributed by atoms with Crippen LogP contribution < -0.4 is 15.3 Å². The summed E-state index contributed by atoms with van der Waals surface area (Å²) in [5.74, 6) is 0.501. The molecule has 0 atom stereocenters. The Hall–Kier alpha value is -4.47. The van der Waals surface area contributed by atoms with E-state index in [4.69, 9.17) is 4.74 Å². The van der Waals surface area contributed by atoms with Crippen LogP contribution >= 0.6 is 0 Å². The first-order chi connectivity index (χ1) is 17.6. The predicted molar refractivity (Wildman–Crippen MR) is 137 cm³/mol. The fourth-order valence-corrected chi connectivity index (χ4v) is 4.03. The average molecular weight is 508 g/mol. The molecule has 0 spiro atoms. The molecule has 4 aromatic rings. The van der Waals surface area contributed by atoms with Crippen molar-refractivity contribution in [2.75, 3.05) is 5.01 Å². The highest BCUT2D eigenvalue weighted by Gasteiger charge is 2.34. The van der Waals surface area contributed by atoms with Crippen LogP contribution in [-0.4, -0.2) is 21.3 Å². The zero-order chi connectivity index (χ0) is 26.7. The molecule has 0 bridgehead atoms. The van der Waals surface area contributed by atoms with Gasteiger partial charge in [-0.1, -0.05) is 18.7 Å². The zero-order valence-corrected chi connectivity index (χ0v) is 20.3. The van der Waals surface area contributed by atoms with Crippen molar-refractivity contribution >= 4 is 23.3 Å². The lowest BCUT2D eigenvalue weighted by Gasteiger charge is -2.18. The second-order valence-corrected chi connectivity index (χ2v) is 8.30. The number of fused-ring (bicyclic) bond motifs is 1. The number of hydrogen-bond donors (Lipinski definition) is 0. The van der Waals surface area contributed by atoms with Crippen LogP contribution in [0, 0.1) is 13.8 Å². The van der Waals surface area contributed by atoms with Crippen molar-refractivity contribution in [3.05, 3.63) is 106 Å². The number of hydrazone groups is 1. The minimum atomic E-state index is -4.74. The highest BCUT2D eigenvalue weighted by atomic mass is 19.4. The van der Waals surface area contributed by atoms with Crippen LogP contribution in [0.3, 0.4) is 0 Å². The molecule has 10 heteroatoms. The van der Waals surface area contributed by atoms with E-state index in [2.05, 4.69) is 28.4 Å². The normalized spacial score (nSPS) is 11.4. The number of halogens is 3. The van der Waals surface area contributed by atoms with Crippen molar-refractivity contribution < 1.29 is 17.9 Å². The third-order valence-electron chi connectivity index (χ3n) is 5.88. The zero-order valence-electron chi connectivity index (χ0n) is 20.3. The van der Waals surface area contributed by atoms with Crippen molar-refractivity contribution in [2.24, 2.45) is 5.10 Å². The molecule has 4 rings (SSSR count). The largest absolute Gasteiger partial charge is 0.487 e. The molecule has 190 valence electrons. The van der Waals surface area contributed by atoms with Gasteiger partial charge in [-0.15, -0.1) is 0 Å².